The second kappa shape index (κ2) is 5.13. The fraction of sp³-hybridized carbons (Fsp3) is 0.889. The fourth-order valence-corrected chi connectivity index (χ4v) is 0.841. The minimum absolute atomic E-state index is 0.427. The van der Waals surface area contributed by atoms with E-state index in [0.717, 1.165) is 6.54 Å². The number of methoxy groups -OCH3 is 1. The maximum atomic E-state index is 8.84. The van der Waals surface area contributed by atoms with E-state index in [4.69, 9.17) is 10.00 Å². The molecule has 0 saturated carbocycles. The van der Waals surface area contributed by atoms with Crippen LogP contribution in [0.2, 0.25) is 0 Å². The summed E-state index contributed by atoms with van der Waals surface area (Å²) in [6.07, 6.45) is 0. The molecule has 3 nitrogen and oxygen atoms in total. The van der Waals surface area contributed by atoms with Gasteiger partial charge in [0.2, 0.25) is 0 Å². The van der Waals surface area contributed by atoms with Crippen LogP contribution in [0.25, 0.3) is 0 Å². The summed E-state index contributed by atoms with van der Waals surface area (Å²) >= 11 is 0. The van der Waals surface area contributed by atoms with Gasteiger partial charge in [-0.1, -0.05) is 13.8 Å². The van der Waals surface area contributed by atoms with E-state index in [1.54, 1.807) is 7.11 Å². The maximum absolute atomic E-state index is 8.84. The number of rotatable bonds is 5. The van der Waals surface area contributed by atoms with Crippen LogP contribution in [0.1, 0.15) is 20.8 Å². The Balaban J connectivity index is 3.90. The Morgan fingerprint density at radius 2 is 2.17 bits per heavy atom. The number of hydrogen-bond donors (Lipinski definition) is 1. The molecule has 0 aromatic heterocycles. The Morgan fingerprint density at radius 3 is 2.50 bits per heavy atom. The van der Waals surface area contributed by atoms with Gasteiger partial charge in [0.05, 0.1) is 12.7 Å². The van der Waals surface area contributed by atoms with Crippen LogP contribution < -0.4 is 5.32 Å². The van der Waals surface area contributed by atoms with Gasteiger partial charge in [-0.05, 0) is 19.4 Å². The molecular formula is C9H18N2O. The molecule has 0 aliphatic rings. The second-order valence-electron chi connectivity index (χ2n) is 3.65. The van der Waals surface area contributed by atoms with E-state index < -0.39 is 5.54 Å². The zero-order valence-electron chi connectivity index (χ0n) is 8.35. The molecule has 0 aromatic carbocycles. The summed E-state index contributed by atoms with van der Waals surface area (Å²) < 4.78 is 4.95. The van der Waals surface area contributed by atoms with Gasteiger partial charge in [-0.15, -0.1) is 0 Å². The first kappa shape index (κ1) is 11.4. The first-order chi connectivity index (χ1) is 5.54. The molecule has 0 radical (unpaired) electrons. The van der Waals surface area contributed by atoms with E-state index in [0.29, 0.717) is 12.5 Å². The van der Waals surface area contributed by atoms with Crippen molar-refractivity contribution in [3.63, 3.8) is 0 Å². The highest BCUT2D eigenvalue weighted by atomic mass is 16.5. The van der Waals surface area contributed by atoms with E-state index >= 15 is 0 Å². The monoisotopic (exact) mass is 170 g/mol. The van der Waals surface area contributed by atoms with E-state index in [-0.39, 0.29) is 0 Å². The molecule has 0 fully saturated rings. The van der Waals surface area contributed by atoms with Crippen LogP contribution in [0, 0.1) is 17.2 Å². The molecule has 1 N–H and O–H groups in total. The van der Waals surface area contributed by atoms with Crippen molar-refractivity contribution in [2.75, 3.05) is 20.3 Å². The summed E-state index contributed by atoms with van der Waals surface area (Å²) in [4.78, 5) is 0. The van der Waals surface area contributed by atoms with Crippen LogP contribution in [0.3, 0.4) is 0 Å². The summed E-state index contributed by atoms with van der Waals surface area (Å²) in [5.74, 6) is 0.550. The minimum Gasteiger partial charge on any atom is -0.382 e. The maximum Gasteiger partial charge on any atom is 0.127 e. The van der Waals surface area contributed by atoms with Crippen molar-refractivity contribution < 1.29 is 4.74 Å². The first-order valence-corrected chi connectivity index (χ1v) is 4.19. The van der Waals surface area contributed by atoms with Crippen molar-refractivity contribution in [2.45, 2.75) is 26.3 Å². The molecule has 0 heterocycles. The van der Waals surface area contributed by atoms with Gasteiger partial charge in [-0.25, -0.2) is 0 Å². The Labute approximate surface area is 74.7 Å². The van der Waals surface area contributed by atoms with Crippen LogP contribution in [-0.4, -0.2) is 25.8 Å². The highest BCUT2D eigenvalue weighted by molar-refractivity contribution is 5.03. The van der Waals surface area contributed by atoms with Crippen molar-refractivity contribution in [1.29, 1.82) is 5.26 Å². The number of hydrogen-bond acceptors (Lipinski definition) is 3. The zero-order valence-corrected chi connectivity index (χ0v) is 8.35. The van der Waals surface area contributed by atoms with Crippen LogP contribution >= 0.6 is 0 Å². The Hall–Kier alpha value is -0.590. The number of nitrogens with one attached hydrogen (secondary N) is 1. The van der Waals surface area contributed by atoms with Gasteiger partial charge in [0.1, 0.15) is 5.54 Å². The standard InChI is InChI=1S/C9H18N2O/c1-8(2)5-11-9(3,6-10)7-12-4/h8,11H,5,7H2,1-4H3. The third kappa shape index (κ3) is 4.32. The second-order valence-corrected chi connectivity index (χ2v) is 3.65. The lowest BCUT2D eigenvalue weighted by Crippen LogP contribution is -2.46. The molecule has 0 spiro atoms. The molecule has 1 atom stereocenters. The smallest absolute Gasteiger partial charge is 0.127 e. The van der Waals surface area contributed by atoms with Gasteiger partial charge in [0, 0.05) is 7.11 Å². The minimum atomic E-state index is -0.543. The van der Waals surface area contributed by atoms with Crippen molar-refractivity contribution in [1.82, 2.24) is 5.32 Å². The molecule has 12 heavy (non-hydrogen) atoms. The lowest BCUT2D eigenvalue weighted by atomic mass is 10.1. The van der Waals surface area contributed by atoms with Crippen LogP contribution in [0.5, 0.6) is 0 Å². The van der Waals surface area contributed by atoms with Crippen molar-refractivity contribution in [3.05, 3.63) is 0 Å². The van der Waals surface area contributed by atoms with E-state index in [1.165, 1.54) is 0 Å². The van der Waals surface area contributed by atoms with Crippen LogP contribution in [-0.2, 0) is 4.74 Å². The lowest BCUT2D eigenvalue weighted by Gasteiger charge is -2.23. The largest absolute Gasteiger partial charge is 0.382 e. The van der Waals surface area contributed by atoms with Gasteiger partial charge in [-0.2, -0.15) is 5.26 Å². The Bertz CT molecular complexity index is 162. The molecule has 1 unspecified atom stereocenters. The van der Waals surface area contributed by atoms with Gasteiger partial charge in [0.25, 0.3) is 0 Å². The molecule has 0 aromatic rings. The predicted octanol–water partition coefficient (Wildman–Crippen LogP) is 1.16. The van der Waals surface area contributed by atoms with E-state index in [1.807, 2.05) is 6.92 Å². The SMILES string of the molecule is COCC(C)(C#N)NCC(C)C. The van der Waals surface area contributed by atoms with Crippen molar-refractivity contribution in [2.24, 2.45) is 5.92 Å². The van der Waals surface area contributed by atoms with Gasteiger partial charge < -0.3 is 4.74 Å². The quantitative estimate of drug-likeness (QED) is 0.673. The van der Waals surface area contributed by atoms with E-state index in [2.05, 4.69) is 25.2 Å². The highest BCUT2D eigenvalue weighted by Gasteiger charge is 2.22. The summed E-state index contributed by atoms with van der Waals surface area (Å²) in [6.45, 7) is 7.33. The van der Waals surface area contributed by atoms with Crippen molar-refractivity contribution in [3.8, 4) is 6.07 Å². The molecule has 0 saturated heterocycles. The van der Waals surface area contributed by atoms with E-state index in [9.17, 15) is 0 Å². The molecular weight excluding hydrogens is 152 g/mol. The average molecular weight is 170 g/mol. The number of nitriles is 1. The zero-order chi connectivity index (χ0) is 9.61. The van der Waals surface area contributed by atoms with Gasteiger partial charge in [0.15, 0.2) is 0 Å². The van der Waals surface area contributed by atoms with Gasteiger partial charge in [-0.3, -0.25) is 5.32 Å². The molecule has 0 aliphatic heterocycles. The summed E-state index contributed by atoms with van der Waals surface area (Å²) in [7, 11) is 1.60. The molecule has 70 valence electrons. The number of ether oxygens (including phenoxy) is 1. The summed E-state index contributed by atoms with van der Waals surface area (Å²) in [5.41, 5.74) is -0.543. The predicted molar refractivity (Wildman–Crippen MR) is 48.7 cm³/mol. The summed E-state index contributed by atoms with van der Waals surface area (Å²) in [5, 5.41) is 12.0. The number of nitrogens with zero attached hydrogens (tertiary/aromatic N) is 1. The van der Waals surface area contributed by atoms with Gasteiger partial charge >= 0.3 is 0 Å². The Kier molecular flexibility index (Phi) is 4.87. The molecule has 0 bridgehead atoms. The fourth-order valence-electron chi connectivity index (χ4n) is 0.841. The van der Waals surface area contributed by atoms with Crippen LogP contribution in [0.4, 0.5) is 0 Å². The first-order valence-electron chi connectivity index (χ1n) is 4.19. The summed E-state index contributed by atoms with van der Waals surface area (Å²) in [6, 6.07) is 2.20. The topological polar surface area (TPSA) is 45.0 Å². The third-order valence-corrected chi connectivity index (χ3v) is 1.58. The third-order valence-electron chi connectivity index (χ3n) is 1.58. The average Bonchev–Trinajstić information content (AvgIpc) is 2.02. The normalized spacial score (nSPS) is 15.7. The van der Waals surface area contributed by atoms with Crippen molar-refractivity contribution >= 4 is 0 Å². The molecule has 3 heteroatoms. The molecule has 0 amide bonds. The molecule has 0 rings (SSSR count). The Morgan fingerprint density at radius 1 is 1.58 bits per heavy atom. The lowest BCUT2D eigenvalue weighted by molar-refractivity contribution is 0.144. The molecule has 0 aliphatic carbocycles. The van der Waals surface area contributed by atoms with Crippen LogP contribution in [0.15, 0.2) is 0 Å². The highest BCUT2D eigenvalue weighted by Crippen LogP contribution is 2.03.